The molecule has 3 rings (SSSR count). The Kier molecular flexibility index (Phi) is 4.03. The van der Waals surface area contributed by atoms with Crippen molar-refractivity contribution >= 4 is 0 Å². The van der Waals surface area contributed by atoms with Crippen LogP contribution in [0.2, 0.25) is 0 Å². The molecule has 1 atom stereocenters. The van der Waals surface area contributed by atoms with Gasteiger partial charge in [-0.25, -0.2) is 4.39 Å². The first kappa shape index (κ1) is 14.0. The van der Waals surface area contributed by atoms with Crippen LogP contribution in [-0.2, 0) is 0 Å². The molecule has 2 fully saturated rings. The third-order valence-corrected chi connectivity index (χ3v) is 5.01. The monoisotopic (exact) mass is 278 g/mol. The summed E-state index contributed by atoms with van der Waals surface area (Å²) in [5, 5.41) is 10.9. The van der Waals surface area contributed by atoms with Crippen LogP contribution in [-0.4, -0.2) is 33.6 Å². The fourth-order valence-electron chi connectivity index (χ4n) is 3.98. The molecule has 0 aromatic carbocycles. The van der Waals surface area contributed by atoms with Crippen molar-refractivity contribution < 1.29 is 9.50 Å². The molecule has 1 unspecified atom stereocenters. The Morgan fingerprint density at radius 2 is 1.80 bits per heavy atom. The molecule has 0 amide bonds. The summed E-state index contributed by atoms with van der Waals surface area (Å²) in [7, 11) is 0. The van der Waals surface area contributed by atoms with Crippen molar-refractivity contribution in [3.8, 4) is 0 Å². The van der Waals surface area contributed by atoms with Crippen molar-refractivity contribution in [2.24, 2.45) is 0 Å². The second-order valence-corrected chi connectivity index (χ2v) is 6.20. The van der Waals surface area contributed by atoms with Gasteiger partial charge >= 0.3 is 0 Å². The van der Waals surface area contributed by atoms with E-state index in [2.05, 4.69) is 9.88 Å². The van der Waals surface area contributed by atoms with Crippen LogP contribution in [0.1, 0.15) is 56.6 Å². The summed E-state index contributed by atoms with van der Waals surface area (Å²) in [5.74, 6) is -0.367. The standard InChI is InChI=1S/C16H23FN2O/c17-14-10-13(11-18-12-14)15(20)16(6-2-3-7-16)19-8-4-1-5-9-19/h10-12,15,20H,1-9H2. The number of hydrogen-bond acceptors (Lipinski definition) is 3. The van der Waals surface area contributed by atoms with Crippen LogP contribution in [0.3, 0.4) is 0 Å². The highest BCUT2D eigenvalue weighted by Gasteiger charge is 2.46. The van der Waals surface area contributed by atoms with E-state index in [1.165, 1.54) is 31.5 Å². The SMILES string of the molecule is OC(c1cncc(F)c1)C1(N2CCCCC2)CCCC1. The number of nitrogens with zero attached hydrogens (tertiary/aromatic N) is 2. The van der Waals surface area contributed by atoms with Gasteiger partial charge in [-0.15, -0.1) is 0 Å². The summed E-state index contributed by atoms with van der Waals surface area (Å²) in [4.78, 5) is 6.36. The average molecular weight is 278 g/mol. The van der Waals surface area contributed by atoms with E-state index < -0.39 is 6.10 Å². The molecule has 1 aliphatic heterocycles. The second kappa shape index (κ2) is 5.78. The van der Waals surface area contributed by atoms with E-state index in [0.717, 1.165) is 38.8 Å². The fourth-order valence-corrected chi connectivity index (χ4v) is 3.98. The van der Waals surface area contributed by atoms with Crippen molar-refractivity contribution in [3.63, 3.8) is 0 Å². The number of piperidine rings is 1. The summed E-state index contributed by atoms with van der Waals surface area (Å²) in [5.41, 5.74) is 0.424. The van der Waals surface area contributed by atoms with Gasteiger partial charge in [-0.1, -0.05) is 19.3 Å². The number of rotatable bonds is 3. The maximum absolute atomic E-state index is 13.4. The minimum Gasteiger partial charge on any atom is -0.386 e. The summed E-state index contributed by atoms with van der Waals surface area (Å²) in [6, 6.07) is 1.43. The van der Waals surface area contributed by atoms with Crippen LogP contribution in [0.5, 0.6) is 0 Å². The molecular weight excluding hydrogens is 255 g/mol. The Morgan fingerprint density at radius 3 is 2.45 bits per heavy atom. The molecule has 3 nitrogen and oxygen atoms in total. The van der Waals surface area contributed by atoms with Crippen LogP contribution in [0, 0.1) is 5.82 Å². The van der Waals surface area contributed by atoms with Crippen molar-refractivity contribution in [3.05, 3.63) is 29.8 Å². The van der Waals surface area contributed by atoms with Gasteiger partial charge in [-0.2, -0.15) is 0 Å². The molecule has 20 heavy (non-hydrogen) atoms. The highest BCUT2D eigenvalue weighted by Crippen LogP contribution is 2.45. The smallest absolute Gasteiger partial charge is 0.141 e. The molecule has 0 spiro atoms. The zero-order chi connectivity index (χ0) is 14.0. The molecule has 2 heterocycles. The number of pyridine rings is 1. The van der Waals surface area contributed by atoms with Gasteiger partial charge in [0.05, 0.1) is 17.8 Å². The summed E-state index contributed by atoms with van der Waals surface area (Å²) < 4.78 is 13.4. The van der Waals surface area contributed by atoms with Gasteiger partial charge in [0.1, 0.15) is 5.82 Å². The third kappa shape index (κ3) is 2.47. The lowest BCUT2D eigenvalue weighted by molar-refractivity contribution is -0.0407. The minimum absolute atomic E-state index is 0.199. The van der Waals surface area contributed by atoms with Crippen molar-refractivity contribution in [2.75, 3.05) is 13.1 Å². The van der Waals surface area contributed by atoms with Crippen LogP contribution in [0.4, 0.5) is 4.39 Å². The molecule has 110 valence electrons. The van der Waals surface area contributed by atoms with E-state index in [1.54, 1.807) is 6.20 Å². The Balaban J connectivity index is 1.89. The van der Waals surface area contributed by atoms with Crippen molar-refractivity contribution in [1.82, 2.24) is 9.88 Å². The van der Waals surface area contributed by atoms with Gasteiger partial charge in [-0.05, 0) is 44.8 Å². The van der Waals surface area contributed by atoms with Gasteiger partial charge < -0.3 is 5.11 Å². The van der Waals surface area contributed by atoms with Crippen LogP contribution in [0.25, 0.3) is 0 Å². The number of aliphatic hydroxyl groups is 1. The first-order chi connectivity index (χ1) is 9.72. The Bertz CT molecular complexity index is 454. The normalized spacial score (nSPS) is 24.7. The molecule has 4 heteroatoms. The lowest BCUT2D eigenvalue weighted by Gasteiger charge is -2.46. The van der Waals surface area contributed by atoms with Crippen LogP contribution in [0.15, 0.2) is 18.5 Å². The van der Waals surface area contributed by atoms with E-state index in [0.29, 0.717) is 5.56 Å². The molecule has 1 aromatic heterocycles. The van der Waals surface area contributed by atoms with Gasteiger partial charge in [0.2, 0.25) is 0 Å². The average Bonchev–Trinajstić information content (AvgIpc) is 2.98. The number of hydrogen-bond donors (Lipinski definition) is 1. The Morgan fingerprint density at radius 1 is 1.10 bits per heavy atom. The van der Waals surface area contributed by atoms with Gasteiger partial charge in [0, 0.05) is 11.8 Å². The Labute approximate surface area is 119 Å². The summed E-state index contributed by atoms with van der Waals surface area (Å²) in [6.07, 6.45) is 10.2. The van der Waals surface area contributed by atoms with Crippen LogP contribution >= 0.6 is 0 Å². The third-order valence-electron chi connectivity index (χ3n) is 5.01. The molecule has 1 aliphatic carbocycles. The zero-order valence-electron chi connectivity index (χ0n) is 11.9. The second-order valence-electron chi connectivity index (χ2n) is 6.20. The van der Waals surface area contributed by atoms with Gasteiger partial charge in [0.15, 0.2) is 0 Å². The molecule has 1 saturated carbocycles. The van der Waals surface area contributed by atoms with E-state index in [1.807, 2.05) is 0 Å². The predicted molar refractivity (Wildman–Crippen MR) is 75.8 cm³/mol. The molecular formula is C16H23FN2O. The fraction of sp³-hybridized carbons (Fsp3) is 0.688. The maximum atomic E-state index is 13.4. The lowest BCUT2D eigenvalue weighted by Crippen LogP contribution is -2.53. The van der Waals surface area contributed by atoms with E-state index in [9.17, 15) is 9.50 Å². The minimum atomic E-state index is -0.633. The van der Waals surface area contributed by atoms with Gasteiger partial charge in [0.25, 0.3) is 0 Å². The lowest BCUT2D eigenvalue weighted by atomic mass is 9.83. The molecule has 0 radical (unpaired) electrons. The molecule has 1 aromatic rings. The molecule has 2 aliphatic rings. The topological polar surface area (TPSA) is 36.4 Å². The van der Waals surface area contributed by atoms with Crippen molar-refractivity contribution in [1.29, 1.82) is 0 Å². The number of aromatic nitrogens is 1. The number of likely N-dealkylation sites (tertiary alicyclic amines) is 1. The van der Waals surface area contributed by atoms with E-state index in [4.69, 9.17) is 0 Å². The summed E-state index contributed by atoms with van der Waals surface area (Å²) >= 11 is 0. The zero-order valence-corrected chi connectivity index (χ0v) is 11.9. The molecule has 1 saturated heterocycles. The van der Waals surface area contributed by atoms with Crippen molar-refractivity contribution in [2.45, 2.75) is 56.6 Å². The molecule has 1 N–H and O–H groups in total. The summed E-state index contributed by atoms with van der Waals surface area (Å²) in [6.45, 7) is 2.11. The Hall–Kier alpha value is -1.00. The van der Waals surface area contributed by atoms with Crippen LogP contribution < -0.4 is 0 Å². The molecule has 0 bridgehead atoms. The number of aliphatic hydroxyl groups excluding tert-OH is 1. The first-order valence-corrected chi connectivity index (χ1v) is 7.76. The predicted octanol–water partition coefficient (Wildman–Crippen LogP) is 3.05. The van der Waals surface area contributed by atoms with Gasteiger partial charge in [-0.3, -0.25) is 9.88 Å². The maximum Gasteiger partial charge on any atom is 0.141 e. The highest BCUT2D eigenvalue weighted by molar-refractivity contribution is 5.20. The number of halogens is 1. The van der Waals surface area contributed by atoms with E-state index in [-0.39, 0.29) is 11.4 Å². The largest absolute Gasteiger partial charge is 0.386 e. The van der Waals surface area contributed by atoms with E-state index >= 15 is 0 Å². The highest BCUT2D eigenvalue weighted by atomic mass is 19.1. The quantitative estimate of drug-likeness (QED) is 0.923. The first-order valence-electron chi connectivity index (χ1n) is 7.76.